The van der Waals surface area contributed by atoms with Crippen molar-refractivity contribution < 1.29 is 14.3 Å². The highest BCUT2D eigenvalue weighted by molar-refractivity contribution is 5.79. The van der Waals surface area contributed by atoms with E-state index in [4.69, 9.17) is 9.47 Å². The van der Waals surface area contributed by atoms with Gasteiger partial charge < -0.3 is 19.7 Å². The van der Waals surface area contributed by atoms with Crippen LogP contribution in [0, 0.1) is 5.92 Å². The zero-order valence-electron chi connectivity index (χ0n) is 9.94. The summed E-state index contributed by atoms with van der Waals surface area (Å²) < 4.78 is 10.6. The van der Waals surface area contributed by atoms with Gasteiger partial charge in [0, 0.05) is 33.9 Å². The topological polar surface area (TPSA) is 50.8 Å². The van der Waals surface area contributed by atoms with Crippen molar-refractivity contribution in [1.29, 1.82) is 0 Å². The smallest absolute Gasteiger partial charge is 0.227 e. The molecular formula is C11H20N2O3. The Bertz CT molecular complexity index is 242. The highest BCUT2D eigenvalue weighted by Crippen LogP contribution is 2.20. The van der Waals surface area contributed by atoms with E-state index in [0.717, 1.165) is 19.5 Å². The summed E-state index contributed by atoms with van der Waals surface area (Å²) >= 11 is 0. The third-order valence-corrected chi connectivity index (χ3v) is 3.54. The van der Waals surface area contributed by atoms with Crippen LogP contribution < -0.4 is 5.32 Å². The molecule has 92 valence electrons. The minimum atomic E-state index is 0.0170. The molecule has 0 aromatic carbocycles. The highest BCUT2D eigenvalue weighted by atomic mass is 16.5. The number of rotatable bonds is 3. The predicted octanol–water partition coefficient (Wildman–Crippen LogP) is -0.532. The Morgan fingerprint density at radius 3 is 2.31 bits per heavy atom. The standard InChI is InChI=1S/C11H20N2O3/c1-15-9-6-13(7-10(9)16-2)11(14)8-3-4-12-5-8/h8-10,12H,3-7H2,1-2H3/t8-,9-,10-/m1/s1. The van der Waals surface area contributed by atoms with Crippen LogP contribution in [0.15, 0.2) is 0 Å². The van der Waals surface area contributed by atoms with E-state index in [9.17, 15) is 4.79 Å². The Morgan fingerprint density at radius 1 is 1.25 bits per heavy atom. The van der Waals surface area contributed by atoms with Gasteiger partial charge in [0.2, 0.25) is 5.91 Å². The fraction of sp³-hybridized carbons (Fsp3) is 0.909. The molecule has 2 heterocycles. The zero-order chi connectivity index (χ0) is 11.5. The molecular weight excluding hydrogens is 208 g/mol. The van der Waals surface area contributed by atoms with Crippen molar-refractivity contribution in [2.75, 3.05) is 40.4 Å². The number of likely N-dealkylation sites (tertiary alicyclic amines) is 1. The quantitative estimate of drug-likeness (QED) is 0.705. The highest BCUT2D eigenvalue weighted by Gasteiger charge is 2.38. The van der Waals surface area contributed by atoms with Crippen LogP contribution in [-0.2, 0) is 14.3 Å². The van der Waals surface area contributed by atoms with E-state index >= 15 is 0 Å². The fourth-order valence-corrected chi connectivity index (χ4v) is 2.50. The fourth-order valence-electron chi connectivity index (χ4n) is 2.50. The lowest BCUT2D eigenvalue weighted by Crippen LogP contribution is -2.36. The third kappa shape index (κ3) is 2.21. The van der Waals surface area contributed by atoms with Crippen molar-refractivity contribution >= 4 is 5.91 Å². The summed E-state index contributed by atoms with van der Waals surface area (Å²) in [6.45, 7) is 3.07. The van der Waals surface area contributed by atoms with Crippen molar-refractivity contribution in [3.63, 3.8) is 0 Å². The van der Waals surface area contributed by atoms with Crippen LogP contribution in [0.2, 0.25) is 0 Å². The van der Waals surface area contributed by atoms with Gasteiger partial charge in [-0.15, -0.1) is 0 Å². The maximum atomic E-state index is 12.1. The van der Waals surface area contributed by atoms with Gasteiger partial charge in [0.15, 0.2) is 0 Å². The van der Waals surface area contributed by atoms with Crippen LogP contribution in [0.25, 0.3) is 0 Å². The largest absolute Gasteiger partial charge is 0.377 e. The minimum Gasteiger partial charge on any atom is -0.377 e. The summed E-state index contributed by atoms with van der Waals surface area (Å²) in [7, 11) is 3.34. The van der Waals surface area contributed by atoms with Gasteiger partial charge in [0.1, 0.15) is 12.2 Å². The maximum absolute atomic E-state index is 12.1. The van der Waals surface area contributed by atoms with Gasteiger partial charge in [0.05, 0.1) is 5.92 Å². The van der Waals surface area contributed by atoms with Crippen molar-refractivity contribution in [2.45, 2.75) is 18.6 Å². The van der Waals surface area contributed by atoms with Crippen molar-refractivity contribution in [3.05, 3.63) is 0 Å². The first-order valence-electron chi connectivity index (χ1n) is 5.81. The van der Waals surface area contributed by atoms with Crippen molar-refractivity contribution in [3.8, 4) is 0 Å². The Balaban J connectivity index is 1.93. The summed E-state index contributed by atoms with van der Waals surface area (Å²) in [6.07, 6.45) is 0.983. The van der Waals surface area contributed by atoms with Gasteiger partial charge in [-0.3, -0.25) is 4.79 Å². The average molecular weight is 228 g/mol. The van der Waals surface area contributed by atoms with E-state index in [1.54, 1.807) is 14.2 Å². The van der Waals surface area contributed by atoms with E-state index in [1.807, 2.05) is 4.90 Å². The Morgan fingerprint density at radius 2 is 1.88 bits per heavy atom. The minimum absolute atomic E-state index is 0.0170. The van der Waals surface area contributed by atoms with E-state index in [2.05, 4.69) is 5.32 Å². The first kappa shape index (κ1) is 11.8. The second kappa shape index (κ2) is 5.12. The molecule has 0 aromatic heterocycles. The monoisotopic (exact) mass is 228 g/mol. The molecule has 1 amide bonds. The molecule has 1 N–H and O–H groups in total. The first-order chi connectivity index (χ1) is 7.76. The van der Waals surface area contributed by atoms with Gasteiger partial charge in [-0.1, -0.05) is 0 Å². The summed E-state index contributed by atoms with van der Waals surface area (Å²) in [5, 5.41) is 3.22. The number of hydrogen-bond acceptors (Lipinski definition) is 4. The molecule has 16 heavy (non-hydrogen) atoms. The maximum Gasteiger partial charge on any atom is 0.227 e. The zero-order valence-corrected chi connectivity index (χ0v) is 9.94. The van der Waals surface area contributed by atoms with E-state index in [1.165, 1.54) is 0 Å². The van der Waals surface area contributed by atoms with Gasteiger partial charge >= 0.3 is 0 Å². The van der Waals surface area contributed by atoms with E-state index in [-0.39, 0.29) is 24.0 Å². The number of nitrogens with zero attached hydrogens (tertiary/aromatic N) is 1. The number of carbonyl (C=O) groups is 1. The number of ether oxygens (including phenoxy) is 2. The van der Waals surface area contributed by atoms with Crippen LogP contribution >= 0.6 is 0 Å². The lowest BCUT2D eigenvalue weighted by Gasteiger charge is -2.19. The lowest BCUT2D eigenvalue weighted by molar-refractivity contribution is -0.134. The molecule has 0 spiro atoms. The first-order valence-corrected chi connectivity index (χ1v) is 5.81. The second-order valence-corrected chi connectivity index (χ2v) is 4.48. The molecule has 0 saturated carbocycles. The van der Waals surface area contributed by atoms with E-state index in [0.29, 0.717) is 13.1 Å². The molecule has 0 unspecified atom stereocenters. The van der Waals surface area contributed by atoms with Gasteiger partial charge in [-0.05, 0) is 13.0 Å². The molecule has 2 rings (SSSR count). The third-order valence-electron chi connectivity index (χ3n) is 3.54. The molecule has 2 aliphatic rings. The van der Waals surface area contributed by atoms with Crippen LogP contribution in [0.4, 0.5) is 0 Å². The molecule has 5 heteroatoms. The molecule has 0 aromatic rings. The molecule has 5 nitrogen and oxygen atoms in total. The van der Waals surface area contributed by atoms with Crippen LogP contribution in [-0.4, -0.2) is 63.4 Å². The van der Waals surface area contributed by atoms with E-state index < -0.39 is 0 Å². The summed E-state index contributed by atoms with van der Waals surface area (Å²) in [5.41, 5.74) is 0. The molecule has 0 bridgehead atoms. The molecule has 3 atom stereocenters. The summed E-state index contributed by atoms with van der Waals surface area (Å²) in [4.78, 5) is 14.0. The molecule has 0 radical (unpaired) electrons. The number of amides is 1. The summed E-state index contributed by atoms with van der Waals surface area (Å²) in [6, 6.07) is 0. The Hall–Kier alpha value is -0.650. The number of nitrogens with one attached hydrogen (secondary N) is 1. The Kier molecular flexibility index (Phi) is 3.78. The summed E-state index contributed by atoms with van der Waals surface area (Å²) in [5.74, 6) is 0.389. The molecule has 2 saturated heterocycles. The van der Waals surface area contributed by atoms with Crippen LogP contribution in [0.1, 0.15) is 6.42 Å². The van der Waals surface area contributed by atoms with Crippen LogP contribution in [0.3, 0.4) is 0 Å². The predicted molar refractivity (Wildman–Crippen MR) is 59.2 cm³/mol. The van der Waals surface area contributed by atoms with Gasteiger partial charge in [-0.25, -0.2) is 0 Å². The number of hydrogen-bond donors (Lipinski definition) is 1. The van der Waals surface area contributed by atoms with Crippen LogP contribution in [0.5, 0.6) is 0 Å². The normalized spacial score (nSPS) is 34.6. The van der Waals surface area contributed by atoms with Crippen molar-refractivity contribution in [2.24, 2.45) is 5.92 Å². The molecule has 2 aliphatic heterocycles. The Labute approximate surface area is 96.1 Å². The molecule has 0 aliphatic carbocycles. The molecule has 2 fully saturated rings. The van der Waals surface area contributed by atoms with Crippen molar-refractivity contribution in [1.82, 2.24) is 10.2 Å². The number of carbonyl (C=O) groups excluding carboxylic acids is 1. The van der Waals surface area contributed by atoms with Gasteiger partial charge in [-0.2, -0.15) is 0 Å². The van der Waals surface area contributed by atoms with Gasteiger partial charge in [0.25, 0.3) is 0 Å². The second-order valence-electron chi connectivity index (χ2n) is 4.48. The average Bonchev–Trinajstić information content (AvgIpc) is 2.96. The number of methoxy groups -OCH3 is 2. The lowest BCUT2D eigenvalue weighted by atomic mass is 10.1. The SMILES string of the molecule is CO[C@@H]1CN(C(=O)[C@@H]2CCNC2)C[C@H]1OC.